The Balaban J connectivity index is 1.96. The molecular weight excluding hydrogens is 404 g/mol. The molecular formula is C27H28O5. The highest BCUT2D eigenvalue weighted by atomic mass is 16.7. The van der Waals surface area contributed by atoms with Crippen LogP contribution >= 0.6 is 0 Å². The molecule has 0 radical (unpaired) electrons. The first-order valence-corrected chi connectivity index (χ1v) is 10.4. The number of allylic oxidation sites excluding steroid dienone is 1. The van der Waals surface area contributed by atoms with Crippen molar-refractivity contribution in [2.75, 3.05) is 14.2 Å². The fourth-order valence-corrected chi connectivity index (χ4v) is 3.30. The van der Waals surface area contributed by atoms with E-state index in [4.69, 9.17) is 18.9 Å². The second kappa shape index (κ2) is 11.8. The topological polar surface area (TPSA) is 54.0 Å². The Morgan fingerprint density at radius 2 is 1.44 bits per heavy atom. The number of carbonyl (C=O) groups excluding carboxylic acids is 1. The third-order valence-corrected chi connectivity index (χ3v) is 4.99. The van der Waals surface area contributed by atoms with Crippen LogP contribution in [0.3, 0.4) is 0 Å². The van der Waals surface area contributed by atoms with Gasteiger partial charge in [-0.3, -0.25) is 4.79 Å². The van der Waals surface area contributed by atoms with Crippen LogP contribution in [0.5, 0.6) is 11.5 Å². The molecule has 0 aliphatic carbocycles. The highest BCUT2D eigenvalue weighted by Crippen LogP contribution is 2.32. The highest BCUT2D eigenvalue weighted by molar-refractivity contribution is 6.07. The van der Waals surface area contributed by atoms with Crippen LogP contribution in [0.4, 0.5) is 0 Å². The fraction of sp³-hybridized carbons (Fsp3) is 0.222. The Kier molecular flexibility index (Phi) is 8.61. The third-order valence-electron chi connectivity index (χ3n) is 4.99. The lowest BCUT2D eigenvalue weighted by Crippen LogP contribution is -2.18. The van der Waals surface area contributed by atoms with E-state index >= 15 is 0 Å². The van der Waals surface area contributed by atoms with Gasteiger partial charge in [0.05, 0.1) is 5.56 Å². The molecule has 0 aliphatic heterocycles. The van der Waals surface area contributed by atoms with Gasteiger partial charge in [0.25, 0.3) is 0 Å². The monoisotopic (exact) mass is 432 g/mol. The van der Waals surface area contributed by atoms with E-state index in [0.29, 0.717) is 42.3 Å². The average molecular weight is 433 g/mol. The van der Waals surface area contributed by atoms with Crippen molar-refractivity contribution >= 4 is 5.78 Å². The van der Waals surface area contributed by atoms with E-state index in [1.54, 1.807) is 20.3 Å². The minimum atomic E-state index is -0.516. The molecule has 3 aromatic carbocycles. The molecule has 0 saturated heterocycles. The van der Waals surface area contributed by atoms with Crippen LogP contribution in [0.1, 0.15) is 27.0 Å². The maximum Gasteiger partial charge on any atom is 0.189 e. The molecule has 166 valence electrons. The van der Waals surface area contributed by atoms with Crippen molar-refractivity contribution in [1.29, 1.82) is 0 Å². The van der Waals surface area contributed by atoms with Gasteiger partial charge in [-0.15, -0.1) is 0 Å². The van der Waals surface area contributed by atoms with E-state index in [1.807, 2.05) is 66.7 Å². The second-order valence-corrected chi connectivity index (χ2v) is 7.18. The van der Waals surface area contributed by atoms with E-state index < -0.39 is 6.29 Å². The third kappa shape index (κ3) is 6.30. The van der Waals surface area contributed by atoms with Gasteiger partial charge in [-0.05, 0) is 28.8 Å². The quantitative estimate of drug-likeness (QED) is 0.219. The van der Waals surface area contributed by atoms with Crippen molar-refractivity contribution in [1.82, 2.24) is 0 Å². The lowest BCUT2D eigenvalue weighted by Gasteiger charge is -2.20. The van der Waals surface area contributed by atoms with Crippen molar-refractivity contribution in [3.8, 4) is 11.5 Å². The number of benzene rings is 3. The predicted molar refractivity (Wildman–Crippen MR) is 124 cm³/mol. The maximum atomic E-state index is 12.8. The summed E-state index contributed by atoms with van der Waals surface area (Å²) in [5.74, 6) is 0.799. The van der Waals surface area contributed by atoms with Gasteiger partial charge in [0, 0.05) is 26.7 Å². The molecule has 0 amide bonds. The Labute approximate surface area is 189 Å². The molecule has 0 unspecified atom stereocenters. The van der Waals surface area contributed by atoms with Gasteiger partial charge in [-0.2, -0.15) is 0 Å². The number of hydrogen-bond acceptors (Lipinski definition) is 5. The molecule has 3 aromatic rings. The molecule has 0 atom stereocenters. The summed E-state index contributed by atoms with van der Waals surface area (Å²) in [6.07, 6.45) is 1.12. The lowest BCUT2D eigenvalue weighted by atomic mass is 9.98. The van der Waals surface area contributed by atoms with Gasteiger partial charge in [0.1, 0.15) is 24.7 Å². The lowest BCUT2D eigenvalue weighted by molar-refractivity contribution is -0.100. The van der Waals surface area contributed by atoms with E-state index in [-0.39, 0.29) is 5.78 Å². The van der Waals surface area contributed by atoms with Crippen LogP contribution in [0.15, 0.2) is 85.5 Å². The standard InChI is InChI=1S/C27H28O5/c1-4-24(28)27-22(16-26(29-2)30-3)15-23(31-18-20-11-7-5-8-12-20)17-25(27)32-19-21-13-9-6-10-14-21/h4-15,17,26H,1,16,18-19H2,2-3H3. The highest BCUT2D eigenvalue weighted by Gasteiger charge is 2.21. The van der Waals surface area contributed by atoms with Gasteiger partial charge in [0.2, 0.25) is 0 Å². The summed E-state index contributed by atoms with van der Waals surface area (Å²) in [4.78, 5) is 12.8. The molecule has 5 heteroatoms. The largest absolute Gasteiger partial charge is 0.489 e. The zero-order valence-electron chi connectivity index (χ0n) is 18.5. The predicted octanol–water partition coefficient (Wildman–Crippen LogP) is 5.37. The first-order chi connectivity index (χ1) is 15.6. The second-order valence-electron chi connectivity index (χ2n) is 7.18. The molecule has 0 bridgehead atoms. The van der Waals surface area contributed by atoms with E-state index in [0.717, 1.165) is 11.1 Å². The Morgan fingerprint density at radius 1 is 0.875 bits per heavy atom. The summed E-state index contributed by atoms with van der Waals surface area (Å²) >= 11 is 0. The number of hydrogen-bond donors (Lipinski definition) is 0. The smallest absolute Gasteiger partial charge is 0.189 e. The first kappa shape index (κ1) is 23.3. The first-order valence-electron chi connectivity index (χ1n) is 10.4. The van der Waals surface area contributed by atoms with Gasteiger partial charge >= 0.3 is 0 Å². The van der Waals surface area contributed by atoms with Gasteiger partial charge in [0.15, 0.2) is 12.1 Å². The zero-order chi connectivity index (χ0) is 22.8. The molecule has 0 aromatic heterocycles. The van der Waals surface area contributed by atoms with Crippen LogP contribution in [0.2, 0.25) is 0 Å². The van der Waals surface area contributed by atoms with Gasteiger partial charge in [-0.1, -0.05) is 67.2 Å². The van der Waals surface area contributed by atoms with Gasteiger partial charge < -0.3 is 18.9 Å². The number of ketones is 1. The van der Waals surface area contributed by atoms with Crippen molar-refractivity contribution in [2.45, 2.75) is 25.9 Å². The summed E-state index contributed by atoms with van der Waals surface area (Å²) in [6.45, 7) is 4.37. The van der Waals surface area contributed by atoms with E-state index in [9.17, 15) is 4.79 Å². The summed E-state index contributed by atoms with van der Waals surface area (Å²) in [6, 6.07) is 23.2. The van der Waals surface area contributed by atoms with Crippen molar-refractivity contribution < 1.29 is 23.7 Å². The van der Waals surface area contributed by atoms with Crippen molar-refractivity contribution in [3.05, 3.63) is 108 Å². The molecule has 32 heavy (non-hydrogen) atoms. The number of methoxy groups -OCH3 is 2. The Morgan fingerprint density at radius 3 is 1.97 bits per heavy atom. The van der Waals surface area contributed by atoms with E-state index in [1.165, 1.54) is 6.08 Å². The molecule has 0 N–H and O–H groups in total. The Hall–Kier alpha value is -3.41. The molecule has 5 nitrogen and oxygen atoms in total. The summed E-state index contributed by atoms with van der Waals surface area (Å²) < 4.78 is 22.9. The maximum absolute atomic E-state index is 12.8. The number of rotatable bonds is 12. The molecule has 3 rings (SSSR count). The van der Waals surface area contributed by atoms with Crippen LogP contribution < -0.4 is 9.47 Å². The molecule has 0 spiro atoms. The van der Waals surface area contributed by atoms with Gasteiger partial charge in [-0.25, -0.2) is 0 Å². The zero-order valence-corrected chi connectivity index (χ0v) is 18.5. The summed E-state index contributed by atoms with van der Waals surface area (Å²) in [7, 11) is 3.12. The van der Waals surface area contributed by atoms with Crippen LogP contribution in [0, 0.1) is 0 Å². The molecule has 0 heterocycles. The minimum Gasteiger partial charge on any atom is -0.489 e. The summed E-state index contributed by atoms with van der Waals surface area (Å²) in [5, 5.41) is 0. The normalized spacial score (nSPS) is 10.7. The molecule has 0 saturated carbocycles. The fourth-order valence-electron chi connectivity index (χ4n) is 3.30. The number of ether oxygens (including phenoxy) is 4. The Bertz CT molecular complexity index is 1010. The average Bonchev–Trinajstić information content (AvgIpc) is 2.85. The van der Waals surface area contributed by atoms with Crippen LogP contribution in [0.25, 0.3) is 0 Å². The van der Waals surface area contributed by atoms with E-state index in [2.05, 4.69) is 6.58 Å². The van der Waals surface area contributed by atoms with Crippen LogP contribution in [-0.4, -0.2) is 26.3 Å². The minimum absolute atomic E-state index is 0.233. The molecule has 0 aliphatic rings. The summed E-state index contributed by atoms with van der Waals surface area (Å²) in [5.41, 5.74) is 3.17. The van der Waals surface area contributed by atoms with Crippen molar-refractivity contribution in [2.24, 2.45) is 0 Å². The van der Waals surface area contributed by atoms with Crippen LogP contribution in [-0.2, 0) is 29.1 Å². The molecule has 0 fully saturated rings. The number of carbonyl (C=O) groups is 1. The van der Waals surface area contributed by atoms with Crippen molar-refractivity contribution in [3.63, 3.8) is 0 Å². The SMILES string of the molecule is C=CC(=O)c1c(CC(OC)OC)cc(OCc2ccccc2)cc1OCc1ccccc1.